The molecule has 1 aliphatic heterocycles. The number of hydrogen-bond acceptors (Lipinski definition) is 4. The van der Waals surface area contributed by atoms with E-state index < -0.39 is 0 Å². The highest BCUT2D eigenvalue weighted by atomic mass is 16.5. The molecule has 84 valence electrons. The van der Waals surface area contributed by atoms with Crippen molar-refractivity contribution in [3.63, 3.8) is 0 Å². The second kappa shape index (κ2) is 5.23. The van der Waals surface area contributed by atoms with Gasteiger partial charge in [0.2, 0.25) is 0 Å². The van der Waals surface area contributed by atoms with Crippen LogP contribution in [0.1, 0.15) is 18.7 Å². The van der Waals surface area contributed by atoms with Crippen LogP contribution in [-0.2, 0) is 18.3 Å². The SMILES string of the molecule is Cn1cnc(CNCC2CCOCC2)n1. The Bertz CT molecular complexity index is 293. The zero-order valence-electron chi connectivity index (χ0n) is 9.15. The normalized spacial score (nSPS) is 18.2. The van der Waals surface area contributed by atoms with Crippen LogP contribution in [0.4, 0.5) is 0 Å². The van der Waals surface area contributed by atoms with Gasteiger partial charge in [0, 0.05) is 20.3 Å². The van der Waals surface area contributed by atoms with Gasteiger partial charge in [-0.2, -0.15) is 5.10 Å². The summed E-state index contributed by atoms with van der Waals surface area (Å²) in [6.45, 7) is 3.63. The van der Waals surface area contributed by atoms with E-state index in [-0.39, 0.29) is 0 Å². The quantitative estimate of drug-likeness (QED) is 0.778. The second-order valence-corrected chi connectivity index (χ2v) is 4.02. The summed E-state index contributed by atoms with van der Waals surface area (Å²) in [7, 11) is 1.88. The molecule has 5 heteroatoms. The van der Waals surface area contributed by atoms with Crippen molar-refractivity contribution >= 4 is 0 Å². The second-order valence-electron chi connectivity index (χ2n) is 4.02. The maximum absolute atomic E-state index is 5.31. The lowest BCUT2D eigenvalue weighted by atomic mass is 10.0. The maximum atomic E-state index is 5.31. The van der Waals surface area contributed by atoms with Crippen LogP contribution < -0.4 is 5.32 Å². The van der Waals surface area contributed by atoms with Crippen molar-refractivity contribution in [2.45, 2.75) is 19.4 Å². The minimum Gasteiger partial charge on any atom is -0.381 e. The minimum atomic E-state index is 0.752. The van der Waals surface area contributed by atoms with Crippen molar-refractivity contribution in [1.29, 1.82) is 0 Å². The Hall–Kier alpha value is -0.940. The Labute approximate surface area is 89.8 Å². The van der Waals surface area contributed by atoms with E-state index in [1.54, 1.807) is 11.0 Å². The van der Waals surface area contributed by atoms with Crippen molar-refractivity contribution in [3.8, 4) is 0 Å². The van der Waals surface area contributed by atoms with E-state index in [0.717, 1.165) is 38.0 Å². The molecule has 1 saturated heterocycles. The Morgan fingerprint density at radius 1 is 1.53 bits per heavy atom. The van der Waals surface area contributed by atoms with E-state index in [0.29, 0.717) is 0 Å². The summed E-state index contributed by atoms with van der Waals surface area (Å²) < 4.78 is 7.04. The highest BCUT2D eigenvalue weighted by Crippen LogP contribution is 2.13. The molecule has 1 aromatic heterocycles. The van der Waals surface area contributed by atoms with Gasteiger partial charge in [-0.05, 0) is 25.3 Å². The zero-order valence-corrected chi connectivity index (χ0v) is 9.15. The number of aromatic nitrogens is 3. The number of ether oxygens (including phenoxy) is 1. The summed E-state index contributed by atoms with van der Waals surface area (Å²) in [6, 6.07) is 0. The molecule has 2 heterocycles. The average molecular weight is 210 g/mol. The molecule has 0 unspecified atom stereocenters. The molecule has 1 aliphatic rings. The first kappa shape index (κ1) is 10.6. The van der Waals surface area contributed by atoms with Crippen molar-refractivity contribution in [1.82, 2.24) is 20.1 Å². The largest absolute Gasteiger partial charge is 0.381 e. The molecule has 2 rings (SSSR count). The van der Waals surface area contributed by atoms with Gasteiger partial charge in [0.05, 0.1) is 6.54 Å². The fraction of sp³-hybridized carbons (Fsp3) is 0.800. The minimum absolute atomic E-state index is 0.752. The van der Waals surface area contributed by atoms with Gasteiger partial charge >= 0.3 is 0 Å². The van der Waals surface area contributed by atoms with Gasteiger partial charge in [0.1, 0.15) is 6.33 Å². The van der Waals surface area contributed by atoms with E-state index in [4.69, 9.17) is 4.74 Å². The van der Waals surface area contributed by atoms with Gasteiger partial charge in [-0.3, -0.25) is 4.68 Å². The van der Waals surface area contributed by atoms with Gasteiger partial charge in [0.25, 0.3) is 0 Å². The number of hydrogen-bond donors (Lipinski definition) is 1. The molecule has 0 aromatic carbocycles. The molecule has 5 nitrogen and oxygen atoms in total. The first-order valence-corrected chi connectivity index (χ1v) is 5.47. The summed E-state index contributed by atoms with van der Waals surface area (Å²) in [5.41, 5.74) is 0. The first-order valence-electron chi connectivity index (χ1n) is 5.47. The van der Waals surface area contributed by atoms with Gasteiger partial charge in [-0.1, -0.05) is 0 Å². The van der Waals surface area contributed by atoms with E-state index >= 15 is 0 Å². The van der Waals surface area contributed by atoms with Crippen molar-refractivity contribution < 1.29 is 4.74 Å². The predicted octanol–water partition coefficient (Wildman–Crippen LogP) is 0.331. The van der Waals surface area contributed by atoms with Crippen molar-refractivity contribution in [2.75, 3.05) is 19.8 Å². The van der Waals surface area contributed by atoms with Crippen LogP contribution in [0, 0.1) is 5.92 Å². The van der Waals surface area contributed by atoms with E-state index in [2.05, 4.69) is 15.4 Å². The Kier molecular flexibility index (Phi) is 3.69. The molecule has 1 fully saturated rings. The average Bonchev–Trinajstić information content (AvgIpc) is 2.66. The van der Waals surface area contributed by atoms with Crippen molar-refractivity contribution in [3.05, 3.63) is 12.2 Å². The van der Waals surface area contributed by atoms with E-state index in [1.165, 1.54) is 12.8 Å². The highest BCUT2D eigenvalue weighted by Gasteiger charge is 2.13. The lowest BCUT2D eigenvalue weighted by Crippen LogP contribution is -2.27. The van der Waals surface area contributed by atoms with E-state index in [9.17, 15) is 0 Å². The van der Waals surface area contributed by atoms with Crippen LogP contribution in [-0.4, -0.2) is 34.5 Å². The predicted molar refractivity (Wildman–Crippen MR) is 56.3 cm³/mol. The molecule has 0 saturated carbocycles. The summed E-state index contributed by atoms with van der Waals surface area (Å²) in [4.78, 5) is 4.16. The molecule has 0 amide bonds. The van der Waals surface area contributed by atoms with Crippen LogP contribution in [0.15, 0.2) is 6.33 Å². The lowest BCUT2D eigenvalue weighted by Gasteiger charge is -2.21. The van der Waals surface area contributed by atoms with E-state index in [1.807, 2.05) is 7.05 Å². The van der Waals surface area contributed by atoms with Crippen LogP contribution in [0.3, 0.4) is 0 Å². The fourth-order valence-corrected chi connectivity index (χ4v) is 1.80. The molecule has 1 N–H and O–H groups in total. The summed E-state index contributed by atoms with van der Waals surface area (Å²) in [5, 5.41) is 7.60. The summed E-state index contributed by atoms with van der Waals surface area (Å²) in [6.07, 6.45) is 4.07. The third-order valence-electron chi connectivity index (χ3n) is 2.70. The molecule has 15 heavy (non-hydrogen) atoms. The molecule has 0 aliphatic carbocycles. The molecule has 0 spiro atoms. The van der Waals surface area contributed by atoms with Crippen LogP contribution in [0.25, 0.3) is 0 Å². The van der Waals surface area contributed by atoms with Gasteiger partial charge in [0.15, 0.2) is 5.82 Å². The Morgan fingerprint density at radius 3 is 3.00 bits per heavy atom. The van der Waals surface area contributed by atoms with Crippen LogP contribution in [0.2, 0.25) is 0 Å². The molecule has 0 atom stereocenters. The molecule has 1 aromatic rings. The van der Waals surface area contributed by atoms with Gasteiger partial charge in [-0.15, -0.1) is 0 Å². The first-order chi connectivity index (χ1) is 7.34. The Morgan fingerprint density at radius 2 is 2.33 bits per heavy atom. The highest BCUT2D eigenvalue weighted by molar-refractivity contribution is 4.80. The van der Waals surface area contributed by atoms with Crippen LogP contribution in [0.5, 0.6) is 0 Å². The third kappa shape index (κ3) is 3.28. The zero-order chi connectivity index (χ0) is 10.5. The van der Waals surface area contributed by atoms with Gasteiger partial charge < -0.3 is 10.1 Å². The topological polar surface area (TPSA) is 52.0 Å². The number of nitrogens with one attached hydrogen (secondary N) is 1. The van der Waals surface area contributed by atoms with Crippen molar-refractivity contribution in [2.24, 2.45) is 13.0 Å². The molecule has 0 bridgehead atoms. The Balaban J connectivity index is 1.65. The maximum Gasteiger partial charge on any atom is 0.164 e. The molecular formula is C10H18N4O. The number of rotatable bonds is 4. The molecular weight excluding hydrogens is 192 g/mol. The standard InChI is InChI=1S/C10H18N4O/c1-14-8-12-10(13-14)7-11-6-9-2-4-15-5-3-9/h8-9,11H,2-7H2,1H3. The summed E-state index contributed by atoms with van der Waals surface area (Å²) in [5.74, 6) is 1.62. The number of aryl methyl sites for hydroxylation is 1. The van der Waals surface area contributed by atoms with Gasteiger partial charge in [-0.25, -0.2) is 4.98 Å². The lowest BCUT2D eigenvalue weighted by molar-refractivity contribution is 0.0662. The number of nitrogens with zero attached hydrogens (tertiary/aromatic N) is 3. The fourth-order valence-electron chi connectivity index (χ4n) is 1.80. The molecule has 0 radical (unpaired) electrons. The monoisotopic (exact) mass is 210 g/mol. The third-order valence-corrected chi connectivity index (χ3v) is 2.70. The summed E-state index contributed by atoms with van der Waals surface area (Å²) >= 11 is 0. The smallest absolute Gasteiger partial charge is 0.164 e. The van der Waals surface area contributed by atoms with Crippen LogP contribution >= 0.6 is 0 Å².